The predicted molar refractivity (Wildman–Crippen MR) is 135 cm³/mol. The molecule has 4 rings (SSSR count). The quantitative estimate of drug-likeness (QED) is 0.445. The fraction of sp³-hybridized carbons (Fsp3) is 0.308. The molecule has 0 spiro atoms. The number of halogens is 2. The van der Waals surface area contributed by atoms with Crippen molar-refractivity contribution in [3.05, 3.63) is 95.6 Å². The molecule has 1 saturated heterocycles. The molecule has 31 heavy (non-hydrogen) atoms. The number of aryl methyl sites for hydroxylation is 1. The number of hydrogen-bond donors (Lipinski definition) is 0. The normalized spacial score (nSPS) is 13.8. The zero-order chi connectivity index (χ0) is 19.9. The van der Waals surface area contributed by atoms with Crippen LogP contribution in [0.15, 0.2) is 78.9 Å². The van der Waals surface area contributed by atoms with E-state index >= 15 is 0 Å². The molecule has 1 heterocycles. The van der Waals surface area contributed by atoms with E-state index in [0.717, 1.165) is 44.9 Å². The number of piperazine rings is 1. The molecule has 0 aliphatic carbocycles. The van der Waals surface area contributed by atoms with Crippen molar-refractivity contribution in [2.24, 2.45) is 0 Å². The third-order valence-corrected chi connectivity index (χ3v) is 5.66. The maximum atomic E-state index is 5.93. The Balaban J connectivity index is 0.00000171. The van der Waals surface area contributed by atoms with E-state index in [9.17, 15) is 0 Å². The van der Waals surface area contributed by atoms with Gasteiger partial charge in [-0.15, -0.1) is 24.8 Å². The summed E-state index contributed by atoms with van der Waals surface area (Å²) >= 11 is 0. The minimum atomic E-state index is 0. The van der Waals surface area contributed by atoms with Gasteiger partial charge in [0.2, 0.25) is 0 Å². The van der Waals surface area contributed by atoms with Crippen molar-refractivity contribution in [2.75, 3.05) is 37.7 Å². The van der Waals surface area contributed by atoms with Crippen LogP contribution in [-0.4, -0.2) is 37.7 Å². The zero-order valence-corrected chi connectivity index (χ0v) is 19.7. The van der Waals surface area contributed by atoms with Gasteiger partial charge in [-0.1, -0.05) is 60.7 Å². The summed E-state index contributed by atoms with van der Waals surface area (Å²) in [5, 5.41) is 0. The Morgan fingerprint density at radius 2 is 1.32 bits per heavy atom. The van der Waals surface area contributed by atoms with Gasteiger partial charge in [-0.3, -0.25) is 4.90 Å². The van der Waals surface area contributed by atoms with Crippen LogP contribution >= 0.6 is 24.8 Å². The molecular weight excluding hydrogens is 427 g/mol. The highest BCUT2D eigenvalue weighted by Gasteiger charge is 2.17. The number of hydrogen-bond acceptors (Lipinski definition) is 3. The van der Waals surface area contributed by atoms with Gasteiger partial charge >= 0.3 is 0 Å². The minimum absolute atomic E-state index is 0. The summed E-state index contributed by atoms with van der Waals surface area (Å²) in [5.74, 6) is 0.985. The summed E-state index contributed by atoms with van der Waals surface area (Å²) in [6, 6.07) is 28.0. The first kappa shape index (κ1) is 25.1. The van der Waals surface area contributed by atoms with Gasteiger partial charge in [-0.25, -0.2) is 0 Å². The van der Waals surface area contributed by atoms with Gasteiger partial charge in [0.25, 0.3) is 0 Å². The van der Waals surface area contributed by atoms with Gasteiger partial charge < -0.3 is 9.64 Å². The molecule has 0 amide bonds. The Labute approximate surface area is 198 Å². The average Bonchev–Trinajstić information content (AvgIpc) is 2.77. The number of benzene rings is 3. The molecule has 3 aromatic carbocycles. The number of ether oxygens (including phenoxy) is 1. The van der Waals surface area contributed by atoms with Crippen molar-refractivity contribution < 1.29 is 4.74 Å². The molecule has 3 nitrogen and oxygen atoms in total. The number of anilines is 1. The van der Waals surface area contributed by atoms with Crippen LogP contribution in [0.5, 0.6) is 5.75 Å². The second-order valence-electron chi connectivity index (χ2n) is 7.78. The second-order valence-corrected chi connectivity index (χ2v) is 7.78. The molecule has 0 unspecified atom stereocenters. The Morgan fingerprint density at radius 3 is 2.00 bits per heavy atom. The summed E-state index contributed by atoms with van der Waals surface area (Å²) < 4.78 is 5.93. The van der Waals surface area contributed by atoms with E-state index in [2.05, 4.69) is 77.4 Å². The van der Waals surface area contributed by atoms with Crippen LogP contribution in [0.2, 0.25) is 0 Å². The van der Waals surface area contributed by atoms with Crippen LogP contribution in [0.25, 0.3) is 0 Å². The van der Waals surface area contributed by atoms with Crippen molar-refractivity contribution in [2.45, 2.75) is 19.9 Å². The molecule has 0 aromatic heterocycles. The maximum Gasteiger partial charge on any atom is 0.122 e. The van der Waals surface area contributed by atoms with E-state index in [1.807, 2.05) is 18.2 Å². The molecule has 0 atom stereocenters. The summed E-state index contributed by atoms with van der Waals surface area (Å²) in [7, 11) is 0. The third-order valence-electron chi connectivity index (χ3n) is 5.66. The monoisotopic (exact) mass is 458 g/mol. The number of nitrogens with zero attached hydrogens (tertiary/aromatic N) is 2. The molecule has 5 heteroatoms. The van der Waals surface area contributed by atoms with Crippen LogP contribution in [0.1, 0.15) is 16.7 Å². The highest BCUT2D eigenvalue weighted by molar-refractivity contribution is 5.85. The minimum Gasteiger partial charge on any atom is -0.493 e. The van der Waals surface area contributed by atoms with Gasteiger partial charge in [0.05, 0.1) is 6.61 Å². The van der Waals surface area contributed by atoms with Crippen LogP contribution in [0.3, 0.4) is 0 Å². The lowest BCUT2D eigenvalue weighted by atomic mass is 10.1. The van der Waals surface area contributed by atoms with Crippen molar-refractivity contribution in [3.8, 4) is 5.75 Å². The first-order valence-corrected chi connectivity index (χ1v) is 10.6. The fourth-order valence-electron chi connectivity index (χ4n) is 3.87. The summed E-state index contributed by atoms with van der Waals surface area (Å²) in [6.45, 7) is 8.25. The van der Waals surface area contributed by atoms with E-state index in [4.69, 9.17) is 4.74 Å². The maximum absolute atomic E-state index is 5.93. The van der Waals surface area contributed by atoms with Gasteiger partial charge in [-0.05, 0) is 41.8 Å². The van der Waals surface area contributed by atoms with Crippen LogP contribution < -0.4 is 9.64 Å². The van der Waals surface area contributed by atoms with Crippen molar-refractivity contribution in [1.82, 2.24) is 4.90 Å². The average molecular weight is 459 g/mol. The van der Waals surface area contributed by atoms with Crippen molar-refractivity contribution in [3.63, 3.8) is 0 Å². The Hall–Kier alpha value is -2.20. The van der Waals surface area contributed by atoms with Gasteiger partial charge in [0.1, 0.15) is 5.75 Å². The largest absolute Gasteiger partial charge is 0.493 e. The SMILES string of the molecule is Cc1ccccc1OCCc1ccc(CN2CCN(c3ccccc3)CC2)cc1.Cl.Cl. The lowest BCUT2D eigenvalue weighted by molar-refractivity contribution is 0.250. The smallest absolute Gasteiger partial charge is 0.122 e. The van der Waals surface area contributed by atoms with E-state index in [-0.39, 0.29) is 24.8 Å². The van der Waals surface area contributed by atoms with E-state index in [1.165, 1.54) is 22.4 Å². The summed E-state index contributed by atoms with van der Waals surface area (Å²) in [4.78, 5) is 5.03. The summed E-state index contributed by atoms with van der Waals surface area (Å²) in [5.41, 5.74) is 5.25. The fourth-order valence-corrected chi connectivity index (χ4v) is 3.87. The van der Waals surface area contributed by atoms with Crippen LogP contribution in [0.4, 0.5) is 5.69 Å². The van der Waals surface area contributed by atoms with E-state index < -0.39 is 0 Å². The van der Waals surface area contributed by atoms with Gasteiger partial charge in [0, 0.05) is 44.8 Å². The number of rotatable bonds is 7. The Kier molecular flexibility index (Phi) is 10.2. The molecule has 0 radical (unpaired) electrons. The topological polar surface area (TPSA) is 15.7 Å². The zero-order valence-electron chi connectivity index (χ0n) is 18.1. The molecule has 166 valence electrons. The molecular formula is C26H32Cl2N2O. The molecule has 3 aromatic rings. The highest BCUT2D eigenvalue weighted by Crippen LogP contribution is 2.18. The number of para-hydroxylation sites is 2. The Morgan fingerprint density at radius 1 is 0.710 bits per heavy atom. The Bertz CT molecular complexity index is 895. The molecule has 1 aliphatic heterocycles. The van der Waals surface area contributed by atoms with Crippen LogP contribution in [-0.2, 0) is 13.0 Å². The van der Waals surface area contributed by atoms with Crippen molar-refractivity contribution >= 4 is 30.5 Å². The molecule has 0 N–H and O–H groups in total. The predicted octanol–water partition coefficient (Wildman–Crippen LogP) is 5.78. The summed E-state index contributed by atoms with van der Waals surface area (Å²) in [6.07, 6.45) is 0.935. The van der Waals surface area contributed by atoms with E-state index in [0.29, 0.717) is 6.61 Å². The van der Waals surface area contributed by atoms with Gasteiger partial charge in [0.15, 0.2) is 0 Å². The first-order valence-electron chi connectivity index (χ1n) is 10.6. The first-order chi connectivity index (χ1) is 14.3. The standard InChI is InChI=1S/C26H30N2O.2ClH/c1-22-7-5-6-10-26(22)29-20-15-23-11-13-24(14-12-23)21-27-16-18-28(19-17-27)25-8-3-2-4-9-25;;/h2-14H,15-21H2,1H3;2*1H. The lowest BCUT2D eigenvalue weighted by Gasteiger charge is -2.36. The highest BCUT2D eigenvalue weighted by atomic mass is 35.5. The molecule has 0 saturated carbocycles. The lowest BCUT2D eigenvalue weighted by Crippen LogP contribution is -2.45. The molecule has 1 fully saturated rings. The van der Waals surface area contributed by atoms with Crippen molar-refractivity contribution in [1.29, 1.82) is 0 Å². The van der Waals surface area contributed by atoms with Crippen LogP contribution in [0, 0.1) is 6.92 Å². The van der Waals surface area contributed by atoms with E-state index in [1.54, 1.807) is 0 Å². The third kappa shape index (κ3) is 7.17. The molecule has 1 aliphatic rings. The van der Waals surface area contributed by atoms with Gasteiger partial charge in [-0.2, -0.15) is 0 Å². The molecule has 0 bridgehead atoms. The second kappa shape index (κ2) is 12.6.